The van der Waals surface area contributed by atoms with Crippen LogP contribution in [0.3, 0.4) is 0 Å². The Morgan fingerprint density at radius 3 is 2.71 bits per heavy atom. The van der Waals surface area contributed by atoms with Crippen molar-refractivity contribution in [3.63, 3.8) is 0 Å². The summed E-state index contributed by atoms with van der Waals surface area (Å²) in [7, 11) is 0. The molecular weight excluding hydrogens is 212 g/mol. The maximum Gasteiger partial charge on any atom is 0.116 e. The van der Waals surface area contributed by atoms with Crippen molar-refractivity contribution in [2.24, 2.45) is 9.98 Å². The van der Waals surface area contributed by atoms with Gasteiger partial charge in [-0.3, -0.25) is 0 Å². The highest BCUT2D eigenvalue weighted by Gasteiger charge is 2.21. The first-order valence-corrected chi connectivity index (χ1v) is 5.47. The molecule has 0 fully saturated rings. The van der Waals surface area contributed by atoms with Crippen LogP contribution in [0.4, 0.5) is 0 Å². The summed E-state index contributed by atoms with van der Waals surface area (Å²) in [5, 5.41) is 0. The molecule has 1 aromatic heterocycles. The number of aliphatic imine (C=N–C) groups is 2. The van der Waals surface area contributed by atoms with Crippen molar-refractivity contribution < 1.29 is 0 Å². The second-order valence-corrected chi connectivity index (χ2v) is 4.07. The highest BCUT2D eigenvalue weighted by molar-refractivity contribution is 6.13. The fourth-order valence-corrected chi connectivity index (χ4v) is 2.14. The molecule has 0 saturated carbocycles. The summed E-state index contributed by atoms with van der Waals surface area (Å²) in [5.74, 6) is 0. The average molecular weight is 220 g/mol. The first-order chi connectivity index (χ1) is 8.40. The Morgan fingerprint density at radius 1 is 1.00 bits per heavy atom. The van der Waals surface area contributed by atoms with Crippen molar-refractivity contribution in [2.45, 2.75) is 6.42 Å². The van der Waals surface area contributed by atoms with E-state index in [1.807, 2.05) is 30.3 Å². The van der Waals surface area contributed by atoms with E-state index in [-0.39, 0.29) is 0 Å². The molecule has 17 heavy (non-hydrogen) atoms. The van der Waals surface area contributed by atoms with Gasteiger partial charge in [0.25, 0.3) is 0 Å². The summed E-state index contributed by atoms with van der Waals surface area (Å²) >= 11 is 0. The largest absolute Gasteiger partial charge is 0.249 e. The molecule has 0 saturated heterocycles. The summed E-state index contributed by atoms with van der Waals surface area (Å²) < 4.78 is 0. The molecule has 4 heteroatoms. The number of benzene rings is 1. The van der Waals surface area contributed by atoms with Gasteiger partial charge in [0.1, 0.15) is 6.34 Å². The van der Waals surface area contributed by atoms with Crippen LogP contribution < -0.4 is 0 Å². The smallest absolute Gasteiger partial charge is 0.116 e. The van der Waals surface area contributed by atoms with E-state index in [0.29, 0.717) is 0 Å². The number of aromatic nitrogens is 2. The molecule has 0 N–H and O–H groups in total. The van der Waals surface area contributed by atoms with Crippen LogP contribution in [0.15, 0.2) is 39.9 Å². The Hall–Kier alpha value is -2.36. The lowest BCUT2D eigenvalue weighted by Crippen LogP contribution is -2.12. The summed E-state index contributed by atoms with van der Waals surface area (Å²) in [6.07, 6.45) is 4.27. The third-order valence-electron chi connectivity index (χ3n) is 2.99. The van der Waals surface area contributed by atoms with E-state index < -0.39 is 0 Å². The van der Waals surface area contributed by atoms with Crippen molar-refractivity contribution in [1.29, 1.82) is 0 Å². The zero-order valence-electron chi connectivity index (χ0n) is 8.96. The minimum atomic E-state index is 0.721. The van der Waals surface area contributed by atoms with Crippen LogP contribution in [0.1, 0.15) is 11.4 Å². The molecule has 4 rings (SSSR count). The average Bonchev–Trinajstić information content (AvgIpc) is 2.80. The van der Waals surface area contributed by atoms with Crippen LogP contribution in [0, 0.1) is 0 Å². The lowest BCUT2D eigenvalue weighted by Gasteiger charge is -2.12. The van der Waals surface area contributed by atoms with E-state index in [2.05, 4.69) is 20.0 Å². The summed E-state index contributed by atoms with van der Waals surface area (Å²) in [5.41, 5.74) is 5.66. The van der Waals surface area contributed by atoms with E-state index in [9.17, 15) is 0 Å². The van der Waals surface area contributed by atoms with Crippen LogP contribution in [0.2, 0.25) is 0 Å². The quantitative estimate of drug-likeness (QED) is 0.681. The number of hydrogen-bond donors (Lipinski definition) is 0. The third-order valence-corrected chi connectivity index (χ3v) is 2.99. The maximum atomic E-state index is 4.63. The van der Waals surface area contributed by atoms with Crippen LogP contribution in [-0.2, 0) is 6.42 Å². The van der Waals surface area contributed by atoms with Gasteiger partial charge < -0.3 is 0 Å². The fraction of sp³-hybridized carbons (Fsp3) is 0.0769. The Morgan fingerprint density at radius 2 is 1.82 bits per heavy atom. The topological polar surface area (TPSA) is 50.5 Å². The van der Waals surface area contributed by atoms with Crippen molar-refractivity contribution in [3.8, 4) is 0 Å². The molecule has 2 heterocycles. The molecule has 0 spiro atoms. The predicted octanol–water partition coefficient (Wildman–Crippen LogP) is 2.01. The molecule has 2 aromatic rings. The number of rotatable bonds is 0. The number of nitrogens with zero attached hydrogens (tertiary/aromatic N) is 4. The van der Waals surface area contributed by atoms with Gasteiger partial charge in [0.15, 0.2) is 0 Å². The van der Waals surface area contributed by atoms with E-state index in [4.69, 9.17) is 0 Å². The van der Waals surface area contributed by atoms with Crippen LogP contribution in [0.25, 0.3) is 17.1 Å². The Kier molecular flexibility index (Phi) is 1.58. The minimum absolute atomic E-state index is 0.721. The van der Waals surface area contributed by atoms with Gasteiger partial charge in [0.2, 0.25) is 0 Å². The normalized spacial score (nSPS) is 16.5. The lowest BCUT2D eigenvalue weighted by atomic mass is 10.0. The highest BCUT2D eigenvalue weighted by atomic mass is 15.0. The summed E-state index contributed by atoms with van der Waals surface area (Å²) in [6.45, 7) is 0. The van der Waals surface area contributed by atoms with Gasteiger partial charge >= 0.3 is 0 Å². The van der Waals surface area contributed by atoms with Gasteiger partial charge in [0, 0.05) is 6.42 Å². The molecule has 1 aliphatic carbocycles. The van der Waals surface area contributed by atoms with E-state index in [1.54, 1.807) is 6.34 Å². The van der Waals surface area contributed by atoms with Crippen molar-refractivity contribution in [1.82, 2.24) is 9.97 Å². The van der Waals surface area contributed by atoms with Gasteiger partial charge in [-0.05, 0) is 18.2 Å². The number of allylic oxidation sites excluding steroid dienone is 1. The molecule has 1 aliphatic heterocycles. The fourth-order valence-electron chi connectivity index (χ4n) is 2.14. The summed E-state index contributed by atoms with van der Waals surface area (Å²) in [4.78, 5) is 17.7. The standard InChI is InChI=1S/C13H8N4/c1-2-4-9-8(3-1)16-12-5-10-11(15-7-14-10)6-13(12)17-9/h1-5,7H,6H2. The number of para-hydroxylation sites is 2. The van der Waals surface area contributed by atoms with Crippen molar-refractivity contribution in [2.75, 3.05) is 0 Å². The molecule has 0 bridgehead atoms. The van der Waals surface area contributed by atoms with E-state index in [0.717, 1.165) is 40.3 Å². The first-order valence-electron chi connectivity index (χ1n) is 5.47. The zero-order valence-corrected chi connectivity index (χ0v) is 8.96. The van der Waals surface area contributed by atoms with Gasteiger partial charge in [-0.2, -0.15) is 0 Å². The Balaban J connectivity index is 2.01. The monoisotopic (exact) mass is 220 g/mol. The zero-order chi connectivity index (χ0) is 11.2. The second kappa shape index (κ2) is 3.07. The molecule has 80 valence electrons. The van der Waals surface area contributed by atoms with Gasteiger partial charge in [-0.25, -0.2) is 20.0 Å². The Bertz CT molecular complexity index is 725. The Labute approximate surface area is 97.5 Å². The SMILES string of the molecule is C1=NC2=Cc3nc4ccccc4nc3CC2=N1. The molecule has 0 unspecified atom stereocenters. The maximum absolute atomic E-state index is 4.63. The lowest BCUT2D eigenvalue weighted by molar-refractivity contribution is 1.09. The number of fused-ring (bicyclic) bond motifs is 3. The van der Waals surface area contributed by atoms with Gasteiger partial charge in [-0.1, -0.05) is 12.1 Å². The van der Waals surface area contributed by atoms with Crippen LogP contribution in [0.5, 0.6) is 0 Å². The first kappa shape index (κ1) is 8.75. The van der Waals surface area contributed by atoms with Crippen LogP contribution in [-0.4, -0.2) is 22.0 Å². The predicted molar refractivity (Wildman–Crippen MR) is 67.1 cm³/mol. The van der Waals surface area contributed by atoms with E-state index >= 15 is 0 Å². The van der Waals surface area contributed by atoms with Gasteiger partial charge in [-0.15, -0.1) is 0 Å². The van der Waals surface area contributed by atoms with E-state index in [1.165, 1.54) is 0 Å². The third kappa shape index (κ3) is 1.24. The molecular formula is C13H8N4. The minimum Gasteiger partial charge on any atom is -0.249 e. The van der Waals surface area contributed by atoms with Gasteiger partial charge in [0.05, 0.1) is 33.8 Å². The summed E-state index contributed by atoms with van der Waals surface area (Å²) in [6, 6.07) is 7.90. The van der Waals surface area contributed by atoms with Crippen molar-refractivity contribution in [3.05, 3.63) is 41.4 Å². The molecule has 2 aliphatic rings. The second-order valence-electron chi connectivity index (χ2n) is 4.07. The van der Waals surface area contributed by atoms with Crippen molar-refractivity contribution >= 4 is 29.2 Å². The number of hydrogen-bond acceptors (Lipinski definition) is 4. The molecule has 1 aromatic carbocycles. The molecule has 0 amide bonds. The molecule has 0 radical (unpaired) electrons. The highest BCUT2D eigenvalue weighted by Crippen LogP contribution is 2.24. The molecule has 4 nitrogen and oxygen atoms in total. The molecule has 0 atom stereocenters. The van der Waals surface area contributed by atoms with Crippen LogP contribution >= 0.6 is 0 Å².